The fraction of sp³-hybridized carbons (Fsp3) is 0.114. The van der Waals surface area contributed by atoms with Gasteiger partial charge in [-0.15, -0.1) is 0 Å². The van der Waals surface area contributed by atoms with Crippen LogP contribution >= 0.6 is 0 Å². The van der Waals surface area contributed by atoms with Gasteiger partial charge in [0.2, 0.25) is 0 Å². The van der Waals surface area contributed by atoms with Crippen LogP contribution in [0.3, 0.4) is 0 Å². The number of aliphatic hydroxyl groups is 1. The number of rotatable bonds is 3. The first-order valence-corrected chi connectivity index (χ1v) is 13.3. The minimum absolute atomic E-state index is 0.125. The van der Waals surface area contributed by atoms with Crippen LogP contribution in [0.2, 0.25) is 0 Å². The maximum Gasteiger partial charge on any atom is 0.261 e. The summed E-state index contributed by atoms with van der Waals surface area (Å²) < 4.78 is 0. The number of amides is 1. The van der Waals surface area contributed by atoms with Gasteiger partial charge in [0, 0.05) is 27.9 Å². The van der Waals surface area contributed by atoms with Gasteiger partial charge in [0.15, 0.2) is 6.23 Å². The lowest BCUT2D eigenvalue weighted by molar-refractivity contribution is 0.0935. The van der Waals surface area contributed by atoms with Gasteiger partial charge in [-0.1, -0.05) is 86.6 Å². The Hall–Kier alpha value is -4.67. The predicted octanol–water partition coefficient (Wildman–Crippen LogP) is 8.11. The van der Waals surface area contributed by atoms with Gasteiger partial charge in [0.25, 0.3) is 5.91 Å². The van der Waals surface area contributed by atoms with Crippen LogP contribution in [0.4, 0.5) is 22.7 Å². The summed E-state index contributed by atoms with van der Waals surface area (Å²) in [6.07, 6.45) is -1.04. The van der Waals surface area contributed by atoms with Crippen molar-refractivity contribution >= 4 is 28.7 Å². The third kappa shape index (κ3) is 3.53. The third-order valence-corrected chi connectivity index (χ3v) is 8.15. The number of carbonyl (C=O) groups is 1. The van der Waals surface area contributed by atoms with E-state index in [1.165, 1.54) is 16.0 Å². The Balaban J connectivity index is 1.25. The van der Waals surface area contributed by atoms with Crippen LogP contribution in [0, 0.1) is 0 Å². The van der Waals surface area contributed by atoms with Crippen LogP contribution in [0.25, 0.3) is 11.1 Å². The monoisotopic (exact) mass is 508 g/mol. The Bertz CT molecular complexity index is 1670. The van der Waals surface area contributed by atoms with Crippen LogP contribution in [-0.2, 0) is 5.41 Å². The number of aliphatic hydroxyl groups excluding tert-OH is 1. The van der Waals surface area contributed by atoms with Crippen molar-refractivity contribution < 1.29 is 9.90 Å². The molecule has 39 heavy (non-hydrogen) atoms. The molecule has 5 aromatic carbocycles. The van der Waals surface area contributed by atoms with Crippen molar-refractivity contribution in [1.82, 2.24) is 0 Å². The summed E-state index contributed by atoms with van der Waals surface area (Å²) in [4.78, 5) is 17.2. The van der Waals surface area contributed by atoms with Crippen LogP contribution in [0.1, 0.15) is 47.1 Å². The molecule has 2 aliphatic heterocycles. The summed E-state index contributed by atoms with van der Waals surface area (Å²) >= 11 is 0. The first-order valence-electron chi connectivity index (χ1n) is 13.3. The third-order valence-electron chi connectivity index (χ3n) is 8.15. The van der Waals surface area contributed by atoms with E-state index >= 15 is 0 Å². The zero-order chi connectivity index (χ0) is 26.7. The van der Waals surface area contributed by atoms with Crippen LogP contribution in [0.5, 0.6) is 0 Å². The number of hydrogen-bond donors (Lipinski definition) is 1. The van der Waals surface area contributed by atoms with Crippen molar-refractivity contribution in [2.24, 2.45) is 0 Å². The average molecular weight is 509 g/mol. The van der Waals surface area contributed by atoms with Crippen molar-refractivity contribution in [3.05, 3.63) is 144 Å². The zero-order valence-electron chi connectivity index (χ0n) is 21.9. The molecule has 1 atom stereocenters. The molecule has 0 aromatic heterocycles. The normalized spacial score (nSPS) is 17.0. The van der Waals surface area contributed by atoms with Gasteiger partial charge in [-0.05, 0) is 70.8 Å². The molecule has 1 unspecified atom stereocenters. The van der Waals surface area contributed by atoms with Gasteiger partial charge in [-0.2, -0.15) is 0 Å². The quantitative estimate of drug-likeness (QED) is 0.268. The molecule has 0 aliphatic carbocycles. The fourth-order valence-electron chi connectivity index (χ4n) is 6.13. The van der Waals surface area contributed by atoms with E-state index in [0.717, 1.165) is 28.2 Å². The summed E-state index contributed by atoms with van der Waals surface area (Å²) in [7, 11) is 0. The molecular weight excluding hydrogens is 480 g/mol. The minimum Gasteiger partial charge on any atom is -0.369 e. The molecule has 2 aliphatic rings. The second-order valence-electron chi connectivity index (χ2n) is 10.7. The van der Waals surface area contributed by atoms with Crippen LogP contribution in [0.15, 0.2) is 121 Å². The maximum absolute atomic E-state index is 13.4. The van der Waals surface area contributed by atoms with E-state index in [2.05, 4.69) is 67.3 Å². The van der Waals surface area contributed by atoms with E-state index in [-0.39, 0.29) is 11.3 Å². The van der Waals surface area contributed by atoms with Gasteiger partial charge < -0.3 is 10.0 Å². The molecule has 5 aromatic rings. The topological polar surface area (TPSA) is 43.8 Å². The number of para-hydroxylation sites is 2. The summed E-state index contributed by atoms with van der Waals surface area (Å²) in [5.41, 5.74) is 9.55. The Labute approximate surface area is 228 Å². The molecule has 0 saturated carbocycles. The van der Waals surface area contributed by atoms with Gasteiger partial charge >= 0.3 is 0 Å². The van der Waals surface area contributed by atoms with Gasteiger partial charge in [0.05, 0.1) is 11.4 Å². The Kier molecular flexibility index (Phi) is 5.22. The number of benzene rings is 5. The Morgan fingerprint density at radius 2 is 1.21 bits per heavy atom. The number of fused-ring (bicyclic) bond motifs is 3. The Morgan fingerprint density at radius 3 is 1.85 bits per heavy atom. The average Bonchev–Trinajstić information content (AvgIpc) is 3.23. The summed E-state index contributed by atoms with van der Waals surface area (Å²) in [6.45, 7) is 4.54. The predicted molar refractivity (Wildman–Crippen MR) is 157 cm³/mol. The standard InChI is InChI=1S/C35H28N2O2/c1-35(2)29-12-6-8-14-31(29)36(32-15-9-7-13-30(32)35)25-17-19-26(20-18-25)37-33(38)27-21-16-24(22-28(27)34(37)39)23-10-4-3-5-11-23/h3-22,34,39H,1-2H3. The molecule has 1 amide bonds. The minimum atomic E-state index is -1.04. The molecule has 0 bridgehead atoms. The van der Waals surface area contributed by atoms with Crippen LogP contribution in [-0.4, -0.2) is 11.0 Å². The van der Waals surface area contributed by atoms with Crippen molar-refractivity contribution in [2.75, 3.05) is 9.80 Å². The molecule has 0 saturated heterocycles. The number of carbonyl (C=O) groups excluding carboxylic acids is 1. The lowest BCUT2D eigenvalue weighted by Crippen LogP contribution is -2.30. The van der Waals surface area contributed by atoms with Gasteiger partial charge in [-0.3, -0.25) is 9.69 Å². The molecule has 0 spiro atoms. The van der Waals surface area contributed by atoms with Crippen molar-refractivity contribution in [1.29, 1.82) is 0 Å². The number of hydrogen-bond acceptors (Lipinski definition) is 3. The largest absolute Gasteiger partial charge is 0.369 e. The fourth-order valence-corrected chi connectivity index (χ4v) is 6.13. The summed E-state index contributed by atoms with van der Waals surface area (Å²) in [5, 5.41) is 11.3. The van der Waals surface area contributed by atoms with E-state index in [0.29, 0.717) is 16.8 Å². The summed E-state index contributed by atoms with van der Waals surface area (Å²) in [6, 6.07) is 40.6. The highest BCUT2D eigenvalue weighted by Crippen LogP contribution is 2.51. The van der Waals surface area contributed by atoms with E-state index in [1.807, 2.05) is 72.8 Å². The highest BCUT2D eigenvalue weighted by Gasteiger charge is 2.38. The lowest BCUT2D eigenvalue weighted by Gasteiger charge is -2.42. The van der Waals surface area contributed by atoms with E-state index < -0.39 is 6.23 Å². The second-order valence-corrected chi connectivity index (χ2v) is 10.7. The summed E-state index contributed by atoms with van der Waals surface area (Å²) in [5.74, 6) is -0.194. The molecular formula is C35H28N2O2. The molecule has 190 valence electrons. The lowest BCUT2D eigenvalue weighted by atomic mass is 9.73. The second kappa shape index (κ2) is 8.69. The van der Waals surface area contributed by atoms with Gasteiger partial charge in [0.1, 0.15) is 0 Å². The maximum atomic E-state index is 13.4. The molecule has 0 radical (unpaired) electrons. The van der Waals surface area contributed by atoms with E-state index in [4.69, 9.17) is 0 Å². The number of nitrogens with zero attached hydrogens (tertiary/aromatic N) is 2. The molecule has 1 N–H and O–H groups in total. The molecule has 7 rings (SSSR count). The van der Waals surface area contributed by atoms with Crippen molar-refractivity contribution in [3.8, 4) is 11.1 Å². The molecule has 4 nitrogen and oxygen atoms in total. The first kappa shape index (κ1) is 23.4. The first-order chi connectivity index (χ1) is 18.9. The van der Waals surface area contributed by atoms with E-state index in [9.17, 15) is 9.90 Å². The highest BCUT2D eigenvalue weighted by molar-refractivity contribution is 6.11. The van der Waals surface area contributed by atoms with Gasteiger partial charge in [-0.25, -0.2) is 0 Å². The van der Waals surface area contributed by atoms with Crippen molar-refractivity contribution in [3.63, 3.8) is 0 Å². The van der Waals surface area contributed by atoms with Crippen molar-refractivity contribution in [2.45, 2.75) is 25.5 Å². The Morgan fingerprint density at radius 1 is 0.641 bits per heavy atom. The molecule has 0 fully saturated rings. The highest BCUT2D eigenvalue weighted by atomic mass is 16.3. The SMILES string of the molecule is CC1(C)c2ccccc2N(c2ccc(N3C(=O)c4ccc(-c5ccccc5)cc4C3O)cc2)c2ccccc21. The number of anilines is 4. The smallest absolute Gasteiger partial charge is 0.261 e. The van der Waals surface area contributed by atoms with E-state index in [1.54, 1.807) is 0 Å². The molecule has 2 heterocycles. The van der Waals surface area contributed by atoms with Crippen LogP contribution < -0.4 is 9.80 Å². The zero-order valence-corrected chi connectivity index (χ0v) is 21.9. The molecule has 4 heteroatoms.